The number of aromatic nitrogens is 1. The third-order valence-corrected chi connectivity index (χ3v) is 3.48. The molecule has 3 aromatic rings. The van der Waals surface area contributed by atoms with Gasteiger partial charge in [0.15, 0.2) is 5.82 Å². The number of carboxylic acid groups (broad SMARTS) is 1. The minimum atomic E-state index is -1.32. The van der Waals surface area contributed by atoms with Crippen molar-refractivity contribution < 1.29 is 19.0 Å². The van der Waals surface area contributed by atoms with Crippen LogP contribution in [-0.2, 0) is 0 Å². The van der Waals surface area contributed by atoms with Crippen LogP contribution in [0.4, 0.5) is 4.39 Å². The molecule has 0 amide bonds. The zero-order chi connectivity index (χ0) is 16.4. The van der Waals surface area contributed by atoms with Gasteiger partial charge in [-0.15, -0.1) is 0 Å². The number of rotatable bonds is 4. The highest BCUT2D eigenvalue weighted by molar-refractivity contribution is 5.96. The monoisotopic (exact) mass is 311 g/mol. The van der Waals surface area contributed by atoms with Gasteiger partial charge in [0.05, 0.1) is 17.9 Å². The Hall–Kier alpha value is -2.95. The Labute approximate surface area is 132 Å². The molecule has 2 aromatic carbocycles. The summed E-state index contributed by atoms with van der Waals surface area (Å²) >= 11 is 0. The first-order valence-electron chi connectivity index (χ1n) is 7.16. The van der Waals surface area contributed by atoms with Crippen molar-refractivity contribution in [3.8, 4) is 17.0 Å². The fourth-order valence-corrected chi connectivity index (χ4v) is 2.42. The maximum Gasteiger partial charge on any atom is 0.338 e. The van der Waals surface area contributed by atoms with E-state index in [0.29, 0.717) is 23.4 Å². The van der Waals surface area contributed by atoms with E-state index in [4.69, 9.17) is 9.84 Å². The summed E-state index contributed by atoms with van der Waals surface area (Å²) in [7, 11) is 0. The number of halogens is 1. The topological polar surface area (TPSA) is 59.4 Å². The molecule has 0 radical (unpaired) electrons. The van der Waals surface area contributed by atoms with Crippen molar-refractivity contribution in [2.75, 3.05) is 6.61 Å². The van der Waals surface area contributed by atoms with E-state index in [-0.39, 0.29) is 5.52 Å². The summed E-state index contributed by atoms with van der Waals surface area (Å²) in [5.41, 5.74) is 0.922. The van der Waals surface area contributed by atoms with Crippen molar-refractivity contribution in [1.29, 1.82) is 0 Å². The van der Waals surface area contributed by atoms with Crippen molar-refractivity contribution in [2.45, 2.75) is 6.92 Å². The molecule has 4 nitrogen and oxygen atoms in total. The largest absolute Gasteiger partial charge is 0.493 e. The lowest BCUT2D eigenvalue weighted by Gasteiger charge is -2.11. The molecule has 116 valence electrons. The van der Waals surface area contributed by atoms with Gasteiger partial charge in [-0.3, -0.25) is 0 Å². The van der Waals surface area contributed by atoms with E-state index in [0.717, 1.165) is 5.56 Å². The molecule has 23 heavy (non-hydrogen) atoms. The average Bonchev–Trinajstić information content (AvgIpc) is 2.56. The number of hydrogen-bond donors (Lipinski definition) is 1. The highest BCUT2D eigenvalue weighted by Gasteiger charge is 2.18. The third kappa shape index (κ3) is 2.73. The molecule has 1 N–H and O–H groups in total. The lowest BCUT2D eigenvalue weighted by molar-refractivity contribution is 0.0692. The predicted molar refractivity (Wildman–Crippen MR) is 85.3 cm³/mol. The van der Waals surface area contributed by atoms with Crippen molar-refractivity contribution in [2.24, 2.45) is 0 Å². The highest BCUT2D eigenvalue weighted by atomic mass is 19.1. The Morgan fingerprint density at radius 3 is 2.61 bits per heavy atom. The normalized spacial score (nSPS) is 10.7. The Bertz CT molecular complexity index is 878. The lowest BCUT2D eigenvalue weighted by atomic mass is 10.1. The van der Waals surface area contributed by atoms with Crippen molar-refractivity contribution in [3.63, 3.8) is 0 Å². The van der Waals surface area contributed by atoms with Crippen LogP contribution < -0.4 is 4.74 Å². The number of carboxylic acids is 1. The molecule has 5 heteroatoms. The molecule has 0 aliphatic heterocycles. The van der Waals surface area contributed by atoms with E-state index >= 15 is 0 Å². The number of hydrogen-bond acceptors (Lipinski definition) is 3. The van der Waals surface area contributed by atoms with Crippen LogP contribution in [0.15, 0.2) is 48.5 Å². The van der Waals surface area contributed by atoms with Gasteiger partial charge >= 0.3 is 5.97 Å². The minimum Gasteiger partial charge on any atom is -0.493 e. The van der Waals surface area contributed by atoms with Crippen LogP contribution in [-0.4, -0.2) is 22.7 Å². The molecule has 0 fully saturated rings. The zero-order valence-corrected chi connectivity index (χ0v) is 12.4. The van der Waals surface area contributed by atoms with E-state index in [1.165, 1.54) is 12.1 Å². The molecule has 1 aromatic heterocycles. The quantitative estimate of drug-likeness (QED) is 0.786. The molecule has 0 unspecified atom stereocenters. The number of carbonyl (C=O) groups is 1. The molecule has 0 aliphatic rings. The van der Waals surface area contributed by atoms with E-state index in [2.05, 4.69) is 4.98 Å². The third-order valence-electron chi connectivity index (χ3n) is 3.48. The summed E-state index contributed by atoms with van der Waals surface area (Å²) in [4.78, 5) is 15.4. The minimum absolute atomic E-state index is 0.00490. The highest BCUT2D eigenvalue weighted by Crippen LogP contribution is 2.32. The number of fused-ring (bicyclic) bond motifs is 1. The van der Waals surface area contributed by atoms with E-state index < -0.39 is 17.3 Å². The van der Waals surface area contributed by atoms with Gasteiger partial charge in [0.25, 0.3) is 0 Å². The fourth-order valence-electron chi connectivity index (χ4n) is 2.42. The Morgan fingerprint density at radius 2 is 1.96 bits per heavy atom. The van der Waals surface area contributed by atoms with Gasteiger partial charge < -0.3 is 9.84 Å². The molecular formula is C18H14FNO3. The standard InChI is InChI=1S/C18H14FNO3/c1-2-23-15-10-14(11-6-4-3-5-7-11)20-17-12(15)8-9-13(16(17)19)18(21)22/h3-10H,2H2,1H3,(H,21,22). The molecule has 0 spiro atoms. The zero-order valence-electron chi connectivity index (χ0n) is 12.4. The molecular weight excluding hydrogens is 297 g/mol. The van der Waals surface area contributed by atoms with Crippen LogP contribution in [0.3, 0.4) is 0 Å². The van der Waals surface area contributed by atoms with Gasteiger partial charge in [-0.05, 0) is 19.1 Å². The Kier molecular flexibility index (Phi) is 3.93. The number of pyridine rings is 1. The molecule has 0 atom stereocenters. The van der Waals surface area contributed by atoms with E-state index in [9.17, 15) is 9.18 Å². The molecule has 0 aliphatic carbocycles. The second-order valence-electron chi connectivity index (χ2n) is 4.93. The fraction of sp³-hybridized carbons (Fsp3) is 0.111. The first-order valence-corrected chi connectivity index (χ1v) is 7.16. The van der Waals surface area contributed by atoms with Crippen molar-refractivity contribution in [3.05, 3.63) is 59.9 Å². The Morgan fingerprint density at radius 1 is 1.22 bits per heavy atom. The average molecular weight is 311 g/mol. The number of aromatic carboxylic acids is 1. The molecule has 0 saturated carbocycles. The maximum absolute atomic E-state index is 14.5. The molecule has 0 saturated heterocycles. The van der Waals surface area contributed by atoms with E-state index in [1.54, 1.807) is 6.07 Å². The molecule has 0 bridgehead atoms. The lowest BCUT2D eigenvalue weighted by Crippen LogP contribution is -2.03. The van der Waals surface area contributed by atoms with E-state index in [1.807, 2.05) is 37.3 Å². The number of ether oxygens (including phenoxy) is 1. The second-order valence-corrected chi connectivity index (χ2v) is 4.93. The van der Waals surface area contributed by atoms with Crippen LogP contribution in [0.1, 0.15) is 17.3 Å². The van der Waals surface area contributed by atoms with Crippen molar-refractivity contribution in [1.82, 2.24) is 4.98 Å². The Balaban J connectivity index is 2.31. The van der Waals surface area contributed by atoms with Gasteiger partial charge in [0.1, 0.15) is 11.3 Å². The summed E-state index contributed by atoms with van der Waals surface area (Å²) in [6.07, 6.45) is 0. The summed E-state index contributed by atoms with van der Waals surface area (Å²) in [5, 5.41) is 9.54. The molecule has 3 rings (SSSR count). The number of nitrogens with zero attached hydrogens (tertiary/aromatic N) is 1. The van der Waals surface area contributed by atoms with Gasteiger partial charge in [0.2, 0.25) is 0 Å². The van der Waals surface area contributed by atoms with Crippen LogP contribution in [0.25, 0.3) is 22.2 Å². The van der Waals surface area contributed by atoms with Gasteiger partial charge in [-0.2, -0.15) is 0 Å². The second kappa shape index (κ2) is 6.04. The van der Waals surface area contributed by atoms with Crippen LogP contribution >= 0.6 is 0 Å². The first kappa shape index (κ1) is 15.0. The maximum atomic E-state index is 14.5. The SMILES string of the molecule is CCOc1cc(-c2ccccc2)nc2c(F)c(C(=O)O)ccc12. The summed E-state index contributed by atoms with van der Waals surface area (Å²) in [5.74, 6) is -1.70. The summed E-state index contributed by atoms with van der Waals surface area (Å²) in [6, 6.07) is 13.8. The van der Waals surface area contributed by atoms with Crippen LogP contribution in [0, 0.1) is 5.82 Å². The summed E-state index contributed by atoms with van der Waals surface area (Å²) < 4.78 is 20.1. The van der Waals surface area contributed by atoms with Crippen LogP contribution in [0.2, 0.25) is 0 Å². The summed E-state index contributed by atoms with van der Waals surface area (Å²) in [6.45, 7) is 2.24. The van der Waals surface area contributed by atoms with Crippen molar-refractivity contribution >= 4 is 16.9 Å². The van der Waals surface area contributed by atoms with Gasteiger partial charge in [-0.25, -0.2) is 14.2 Å². The van der Waals surface area contributed by atoms with Crippen LogP contribution in [0.5, 0.6) is 5.75 Å². The molecule has 1 heterocycles. The number of benzene rings is 2. The predicted octanol–water partition coefficient (Wildman–Crippen LogP) is 4.14. The van der Waals surface area contributed by atoms with Gasteiger partial charge in [-0.1, -0.05) is 30.3 Å². The smallest absolute Gasteiger partial charge is 0.338 e. The van der Waals surface area contributed by atoms with Gasteiger partial charge in [0, 0.05) is 17.0 Å². The first-order chi connectivity index (χ1) is 11.1.